The summed E-state index contributed by atoms with van der Waals surface area (Å²) in [5, 5.41) is 3.66. The third kappa shape index (κ3) is 2.96. The summed E-state index contributed by atoms with van der Waals surface area (Å²) >= 11 is 0. The third-order valence-corrected chi connectivity index (χ3v) is 3.60. The van der Waals surface area contributed by atoms with Crippen LogP contribution in [0.25, 0.3) is 0 Å². The Labute approximate surface area is 88.1 Å². The summed E-state index contributed by atoms with van der Waals surface area (Å²) in [4.78, 5) is 2.69. The van der Waals surface area contributed by atoms with Crippen molar-refractivity contribution in [3.8, 4) is 0 Å². The molecule has 1 aliphatic heterocycles. The molecule has 0 aromatic heterocycles. The van der Waals surface area contributed by atoms with E-state index in [1.807, 2.05) is 0 Å². The number of hydrogen-bond acceptors (Lipinski definition) is 2. The van der Waals surface area contributed by atoms with Crippen LogP contribution in [0.1, 0.15) is 45.4 Å². The Morgan fingerprint density at radius 2 is 1.93 bits per heavy atom. The molecule has 1 N–H and O–H groups in total. The Kier molecular flexibility index (Phi) is 3.82. The van der Waals surface area contributed by atoms with Crippen LogP contribution in [0, 0.1) is 0 Å². The van der Waals surface area contributed by atoms with Gasteiger partial charge in [-0.15, -0.1) is 0 Å². The Balaban J connectivity index is 1.71. The van der Waals surface area contributed by atoms with E-state index in [9.17, 15) is 0 Å². The summed E-state index contributed by atoms with van der Waals surface area (Å²) in [5.41, 5.74) is 0. The van der Waals surface area contributed by atoms with Gasteiger partial charge >= 0.3 is 0 Å². The quantitative estimate of drug-likeness (QED) is 0.723. The number of hydrogen-bond donors (Lipinski definition) is 1. The Hall–Kier alpha value is -0.0800. The molecule has 2 rings (SSSR count). The first-order chi connectivity index (χ1) is 6.90. The summed E-state index contributed by atoms with van der Waals surface area (Å²) in [7, 11) is 0. The summed E-state index contributed by atoms with van der Waals surface area (Å²) in [5.74, 6) is 0. The zero-order valence-electron chi connectivity index (χ0n) is 9.47. The van der Waals surface area contributed by atoms with Gasteiger partial charge in [0, 0.05) is 18.6 Å². The van der Waals surface area contributed by atoms with E-state index in [1.165, 1.54) is 58.2 Å². The number of likely N-dealkylation sites (tertiary alicyclic amines) is 1. The summed E-state index contributed by atoms with van der Waals surface area (Å²) in [6.07, 6.45) is 8.41. The van der Waals surface area contributed by atoms with Gasteiger partial charge in [-0.3, -0.25) is 4.90 Å². The minimum Gasteiger partial charge on any atom is -0.312 e. The second-order valence-corrected chi connectivity index (χ2v) is 4.84. The van der Waals surface area contributed by atoms with Gasteiger partial charge in [-0.2, -0.15) is 0 Å². The van der Waals surface area contributed by atoms with Gasteiger partial charge in [0.05, 0.1) is 0 Å². The fourth-order valence-electron chi connectivity index (χ4n) is 2.41. The molecule has 2 nitrogen and oxygen atoms in total. The van der Waals surface area contributed by atoms with Crippen molar-refractivity contribution in [3.63, 3.8) is 0 Å². The van der Waals surface area contributed by atoms with Crippen LogP contribution in [0.15, 0.2) is 0 Å². The van der Waals surface area contributed by atoms with Crippen molar-refractivity contribution in [1.82, 2.24) is 10.2 Å². The molecule has 1 heterocycles. The van der Waals surface area contributed by atoms with Crippen LogP contribution < -0.4 is 5.32 Å². The normalized spacial score (nSPS) is 26.4. The van der Waals surface area contributed by atoms with Crippen LogP contribution in [-0.2, 0) is 0 Å². The third-order valence-electron chi connectivity index (χ3n) is 3.60. The van der Waals surface area contributed by atoms with Crippen LogP contribution >= 0.6 is 0 Å². The van der Waals surface area contributed by atoms with E-state index in [2.05, 4.69) is 17.1 Å². The van der Waals surface area contributed by atoms with Crippen LogP contribution in [-0.4, -0.2) is 36.6 Å². The average molecular weight is 196 g/mol. The molecule has 14 heavy (non-hydrogen) atoms. The topological polar surface area (TPSA) is 15.3 Å². The highest BCUT2D eigenvalue weighted by Gasteiger charge is 2.24. The summed E-state index contributed by atoms with van der Waals surface area (Å²) < 4.78 is 0. The fraction of sp³-hybridized carbons (Fsp3) is 1.00. The minimum absolute atomic E-state index is 0.802. The van der Waals surface area contributed by atoms with Gasteiger partial charge in [0.25, 0.3) is 0 Å². The van der Waals surface area contributed by atoms with E-state index in [4.69, 9.17) is 0 Å². The number of nitrogens with zero attached hydrogens (tertiary/aromatic N) is 1. The highest BCUT2D eigenvalue weighted by molar-refractivity contribution is 4.84. The molecule has 1 unspecified atom stereocenters. The highest BCUT2D eigenvalue weighted by Crippen LogP contribution is 2.20. The molecule has 2 heteroatoms. The Morgan fingerprint density at radius 1 is 1.21 bits per heavy atom. The van der Waals surface area contributed by atoms with E-state index in [1.54, 1.807) is 0 Å². The van der Waals surface area contributed by atoms with Crippen molar-refractivity contribution in [2.24, 2.45) is 0 Å². The monoisotopic (exact) mass is 196 g/mol. The Bertz CT molecular complexity index is 160. The van der Waals surface area contributed by atoms with Crippen LogP contribution in [0.5, 0.6) is 0 Å². The molecule has 2 aliphatic rings. The molecule has 2 fully saturated rings. The lowest BCUT2D eigenvalue weighted by atomic mass is 10.1. The second-order valence-electron chi connectivity index (χ2n) is 4.84. The van der Waals surface area contributed by atoms with E-state index in [0.29, 0.717) is 0 Å². The standard InChI is InChI=1S/C12H24N2/c1-2-12(10-13-11-6-7-11)14-8-4-3-5-9-14/h11-13H,2-10H2,1H3. The molecule has 82 valence electrons. The number of piperidine rings is 1. The molecule has 1 saturated carbocycles. The van der Waals surface area contributed by atoms with Crippen molar-refractivity contribution in [1.29, 1.82) is 0 Å². The van der Waals surface area contributed by atoms with Gasteiger partial charge in [0.15, 0.2) is 0 Å². The van der Waals surface area contributed by atoms with Crippen molar-refractivity contribution < 1.29 is 0 Å². The lowest BCUT2D eigenvalue weighted by Crippen LogP contribution is -2.45. The van der Waals surface area contributed by atoms with Crippen molar-refractivity contribution in [2.75, 3.05) is 19.6 Å². The maximum atomic E-state index is 3.66. The first kappa shape index (κ1) is 10.4. The van der Waals surface area contributed by atoms with Crippen LogP contribution in [0.4, 0.5) is 0 Å². The zero-order chi connectivity index (χ0) is 9.80. The molecule has 0 bridgehead atoms. The van der Waals surface area contributed by atoms with Gasteiger partial charge in [-0.25, -0.2) is 0 Å². The molecule has 0 aromatic rings. The predicted octanol–water partition coefficient (Wildman–Crippen LogP) is 2.00. The molecule has 0 radical (unpaired) electrons. The molecular weight excluding hydrogens is 172 g/mol. The average Bonchev–Trinajstić information content (AvgIpc) is 3.04. The lowest BCUT2D eigenvalue weighted by Gasteiger charge is -2.34. The first-order valence-electron chi connectivity index (χ1n) is 6.37. The minimum atomic E-state index is 0.802. The summed E-state index contributed by atoms with van der Waals surface area (Å²) in [6, 6.07) is 1.67. The van der Waals surface area contributed by atoms with Gasteiger partial charge in [0.2, 0.25) is 0 Å². The Morgan fingerprint density at radius 3 is 2.50 bits per heavy atom. The smallest absolute Gasteiger partial charge is 0.0218 e. The van der Waals surface area contributed by atoms with Gasteiger partial charge in [0.1, 0.15) is 0 Å². The first-order valence-corrected chi connectivity index (χ1v) is 6.37. The van der Waals surface area contributed by atoms with Crippen molar-refractivity contribution >= 4 is 0 Å². The maximum absolute atomic E-state index is 3.66. The molecule has 0 amide bonds. The molecule has 0 aromatic carbocycles. The van der Waals surface area contributed by atoms with Crippen LogP contribution in [0.2, 0.25) is 0 Å². The molecule has 1 atom stereocenters. The molecule has 1 aliphatic carbocycles. The fourth-order valence-corrected chi connectivity index (χ4v) is 2.41. The van der Waals surface area contributed by atoms with Gasteiger partial charge in [-0.1, -0.05) is 13.3 Å². The predicted molar refractivity (Wildman–Crippen MR) is 60.5 cm³/mol. The molecule has 0 spiro atoms. The van der Waals surface area contributed by atoms with Crippen LogP contribution in [0.3, 0.4) is 0 Å². The SMILES string of the molecule is CCC(CNC1CC1)N1CCCCC1. The van der Waals surface area contributed by atoms with Gasteiger partial charge in [-0.05, 0) is 45.2 Å². The van der Waals surface area contributed by atoms with E-state index >= 15 is 0 Å². The molecular formula is C12H24N2. The highest BCUT2D eigenvalue weighted by atomic mass is 15.2. The largest absolute Gasteiger partial charge is 0.312 e. The summed E-state index contributed by atoms with van der Waals surface area (Å²) in [6.45, 7) is 6.23. The van der Waals surface area contributed by atoms with Crippen molar-refractivity contribution in [3.05, 3.63) is 0 Å². The van der Waals surface area contributed by atoms with Gasteiger partial charge < -0.3 is 5.32 Å². The molecule has 1 saturated heterocycles. The van der Waals surface area contributed by atoms with E-state index in [0.717, 1.165) is 12.1 Å². The second kappa shape index (κ2) is 5.13. The lowest BCUT2D eigenvalue weighted by molar-refractivity contribution is 0.155. The van der Waals surface area contributed by atoms with Crippen molar-refractivity contribution in [2.45, 2.75) is 57.5 Å². The number of rotatable bonds is 5. The zero-order valence-corrected chi connectivity index (χ0v) is 9.47. The number of nitrogens with one attached hydrogen (secondary N) is 1. The maximum Gasteiger partial charge on any atom is 0.0218 e. The van der Waals surface area contributed by atoms with E-state index in [-0.39, 0.29) is 0 Å². The van der Waals surface area contributed by atoms with E-state index < -0.39 is 0 Å².